The van der Waals surface area contributed by atoms with Crippen molar-refractivity contribution < 1.29 is 27.5 Å². The van der Waals surface area contributed by atoms with Crippen molar-refractivity contribution >= 4 is 39.9 Å². The van der Waals surface area contributed by atoms with E-state index in [-0.39, 0.29) is 39.9 Å². The predicted molar refractivity (Wildman–Crippen MR) is 144 cm³/mol. The highest BCUT2D eigenvalue weighted by Gasteiger charge is 2.39. The van der Waals surface area contributed by atoms with E-state index in [2.05, 4.69) is 4.90 Å². The van der Waals surface area contributed by atoms with Gasteiger partial charge in [0.25, 0.3) is 10.0 Å². The Labute approximate surface area is 227 Å². The lowest BCUT2D eigenvalue weighted by atomic mass is 10.0. The Kier molecular flexibility index (Phi) is 8.32. The van der Waals surface area contributed by atoms with E-state index in [4.69, 9.17) is 9.47 Å². The van der Waals surface area contributed by atoms with Crippen LogP contribution in [0.25, 0.3) is 5.76 Å². The average molecular weight is 555 g/mol. The zero-order valence-electron chi connectivity index (χ0n) is 20.7. The summed E-state index contributed by atoms with van der Waals surface area (Å²) >= 11 is 0. The molecule has 0 spiro atoms. The Morgan fingerprint density at radius 2 is 1.50 bits per heavy atom. The molecule has 1 fully saturated rings. The number of halogens is 1. The van der Waals surface area contributed by atoms with Crippen molar-refractivity contribution in [3.8, 4) is 0 Å². The van der Waals surface area contributed by atoms with Crippen LogP contribution in [0, 0.1) is 0 Å². The minimum atomic E-state index is -4.03. The minimum absolute atomic E-state index is 0. The normalized spacial score (nSPS) is 16.8. The largest absolute Gasteiger partial charge is 0.420 e. The van der Waals surface area contributed by atoms with Crippen LogP contribution in [0.1, 0.15) is 31.8 Å². The van der Waals surface area contributed by atoms with Gasteiger partial charge < -0.3 is 9.47 Å². The van der Waals surface area contributed by atoms with Crippen molar-refractivity contribution in [1.29, 1.82) is 0 Å². The molecule has 0 aliphatic carbocycles. The highest BCUT2D eigenvalue weighted by atomic mass is 35.5. The van der Waals surface area contributed by atoms with E-state index >= 15 is 0 Å². The highest BCUT2D eigenvalue weighted by Crippen LogP contribution is 2.38. The van der Waals surface area contributed by atoms with Crippen LogP contribution in [-0.2, 0) is 26.0 Å². The molecular formula is C28H27ClN2O6S. The minimum Gasteiger partial charge on any atom is -0.420 e. The second-order valence-corrected chi connectivity index (χ2v) is 10.8. The van der Waals surface area contributed by atoms with Crippen LogP contribution in [0.15, 0.2) is 89.5 Å². The number of likely N-dealkylation sites (N-methyl/N-ethyl adjacent to an activating group) is 1. The number of nitrogens with zero attached hydrogens (tertiary/aromatic N) is 2. The molecule has 0 amide bonds. The molecule has 198 valence electrons. The Morgan fingerprint density at radius 3 is 2.18 bits per heavy atom. The molecule has 0 bridgehead atoms. The maximum absolute atomic E-state index is 13.5. The third-order valence-corrected chi connectivity index (χ3v) is 8.26. The lowest BCUT2D eigenvalue weighted by Gasteiger charge is -2.30. The summed E-state index contributed by atoms with van der Waals surface area (Å²) in [7, 11) is -2.74. The Bertz CT molecular complexity index is 1470. The zero-order valence-corrected chi connectivity index (χ0v) is 22.3. The maximum atomic E-state index is 13.5. The summed E-state index contributed by atoms with van der Waals surface area (Å²) in [6, 6.07) is 21.6. The van der Waals surface area contributed by atoms with Crippen LogP contribution < -0.4 is 0 Å². The van der Waals surface area contributed by atoms with E-state index < -0.39 is 21.8 Å². The van der Waals surface area contributed by atoms with E-state index in [1.807, 2.05) is 12.1 Å². The van der Waals surface area contributed by atoms with Gasteiger partial charge in [-0.25, -0.2) is 13.2 Å². The number of Topliss-reactive ketones (excluding diaryl/α,β-unsaturated/α-hetero) is 1. The van der Waals surface area contributed by atoms with Gasteiger partial charge in [-0.2, -0.15) is 0 Å². The molecule has 8 nitrogen and oxygen atoms in total. The third-order valence-electron chi connectivity index (χ3n) is 6.45. The summed E-state index contributed by atoms with van der Waals surface area (Å²) in [6.07, 6.45) is 0. The standard InChI is InChI=1S/C28H26N2O6S.ClH/c1-29-25(26(31)21-7-3-2-4-8-21)27(23-9-5-6-10-24(23)37(29,33)34)36-28(32)22-13-11-20(12-14-22)19-30-15-17-35-18-16-30;/h2-14H,15-19H2,1H3;1H. The molecule has 3 aromatic carbocycles. The topological polar surface area (TPSA) is 93.2 Å². The number of morpholine rings is 1. The van der Waals surface area contributed by atoms with E-state index in [0.717, 1.165) is 29.5 Å². The second-order valence-electron chi connectivity index (χ2n) is 8.82. The molecule has 3 aromatic rings. The van der Waals surface area contributed by atoms with Crippen LogP contribution in [0.5, 0.6) is 0 Å². The highest BCUT2D eigenvalue weighted by molar-refractivity contribution is 7.89. The quantitative estimate of drug-likeness (QED) is 0.336. The zero-order chi connectivity index (χ0) is 26.0. The van der Waals surface area contributed by atoms with Gasteiger partial charge in [-0.1, -0.05) is 54.6 Å². The monoisotopic (exact) mass is 554 g/mol. The van der Waals surface area contributed by atoms with Crippen LogP contribution in [0.2, 0.25) is 0 Å². The van der Waals surface area contributed by atoms with Crippen molar-refractivity contribution in [2.24, 2.45) is 0 Å². The number of carbonyl (C=O) groups is 2. The molecule has 10 heteroatoms. The average Bonchev–Trinajstić information content (AvgIpc) is 2.93. The first-order chi connectivity index (χ1) is 17.9. The molecule has 5 rings (SSSR count). The molecule has 0 aromatic heterocycles. The van der Waals surface area contributed by atoms with Gasteiger partial charge in [0.15, 0.2) is 5.76 Å². The Balaban J connectivity index is 0.00000336. The van der Waals surface area contributed by atoms with Crippen molar-refractivity contribution in [2.45, 2.75) is 11.4 Å². The number of rotatable bonds is 6. The van der Waals surface area contributed by atoms with E-state index in [1.165, 1.54) is 19.2 Å². The van der Waals surface area contributed by atoms with Gasteiger partial charge >= 0.3 is 5.97 Å². The maximum Gasteiger partial charge on any atom is 0.343 e. The van der Waals surface area contributed by atoms with Crippen molar-refractivity contribution in [3.05, 3.63) is 107 Å². The summed E-state index contributed by atoms with van der Waals surface area (Å²) in [5.74, 6) is -1.34. The first-order valence-corrected chi connectivity index (χ1v) is 13.3. The third kappa shape index (κ3) is 5.37. The molecule has 0 atom stereocenters. The van der Waals surface area contributed by atoms with Crippen LogP contribution in [0.3, 0.4) is 0 Å². The first-order valence-electron chi connectivity index (χ1n) is 11.9. The molecule has 0 saturated carbocycles. The van der Waals surface area contributed by atoms with Crippen molar-refractivity contribution in [1.82, 2.24) is 9.21 Å². The number of sulfonamides is 1. The van der Waals surface area contributed by atoms with Crippen molar-refractivity contribution in [3.63, 3.8) is 0 Å². The smallest absolute Gasteiger partial charge is 0.343 e. The summed E-state index contributed by atoms with van der Waals surface area (Å²) in [5.41, 5.74) is 1.56. The molecule has 2 heterocycles. The number of fused-ring (bicyclic) bond motifs is 1. The number of benzene rings is 3. The molecule has 1 saturated heterocycles. The van der Waals surface area contributed by atoms with Gasteiger partial charge in [0, 0.05) is 37.8 Å². The number of esters is 1. The molecule has 2 aliphatic rings. The summed E-state index contributed by atoms with van der Waals surface area (Å²) in [5, 5.41) is 0. The van der Waals surface area contributed by atoms with E-state index in [9.17, 15) is 18.0 Å². The fourth-order valence-corrected chi connectivity index (χ4v) is 5.80. The van der Waals surface area contributed by atoms with Crippen LogP contribution in [-0.4, -0.2) is 62.7 Å². The fourth-order valence-electron chi connectivity index (χ4n) is 4.41. The predicted octanol–water partition coefficient (Wildman–Crippen LogP) is 3.98. The molecule has 0 N–H and O–H groups in total. The SMILES string of the molecule is CN1C(C(=O)c2ccccc2)=C(OC(=O)c2ccc(CN3CCOCC3)cc2)c2ccccc2S1(=O)=O.Cl. The molecule has 38 heavy (non-hydrogen) atoms. The number of ether oxygens (including phenoxy) is 2. The lowest BCUT2D eigenvalue weighted by Crippen LogP contribution is -2.36. The second kappa shape index (κ2) is 11.5. The Morgan fingerprint density at radius 1 is 0.868 bits per heavy atom. The molecular weight excluding hydrogens is 528 g/mol. The molecule has 0 unspecified atom stereocenters. The number of hydrogen-bond acceptors (Lipinski definition) is 7. The molecule has 2 aliphatic heterocycles. The first kappa shape index (κ1) is 27.5. The van der Waals surface area contributed by atoms with Crippen LogP contribution >= 0.6 is 12.4 Å². The van der Waals surface area contributed by atoms with Gasteiger partial charge in [0.1, 0.15) is 5.70 Å². The Hall–Kier alpha value is -3.50. The number of allylic oxidation sites excluding steroid dienone is 1. The fraction of sp³-hybridized carbons (Fsp3) is 0.214. The van der Waals surface area contributed by atoms with Gasteiger partial charge in [-0.05, 0) is 29.8 Å². The number of ketones is 1. The van der Waals surface area contributed by atoms with Gasteiger partial charge in [-0.3, -0.25) is 14.0 Å². The number of hydrogen-bond donors (Lipinski definition) is 0. The van der Waals surface area contributed by atoms with Gasteiger partial charge in [0.2, 0.25) is 5.78 Å². The lowest BCUT2D eigenvalue weighted by molar-refractivity contribution is 0.0342. The summed E-state index contributed by atoms with van der Waals surface area (Å²) < 4.78 is 38.6. The van der Waals surface area contributed by atoms with Crippen molar-refractivity contribution in [2.75, 3.05) is 33.4 Å². The van der Waals surface area contributed by atoms with Crippen LogP contribution in [0.4, 0.5) is 0 Å². The van der Waals surface area contributed by atoms with Gasteiger partial charge in [0.05, 0.1) is 23.7 Å². The van der Waals surface area contributed by atoms with E-state index in [1.54, 1.807) is 54.6 Å². The summed E-state index contributed by atoms with van der Waals surface area (Å²) in [4.78, 5) is 29.0. The number of carbonyl (C=O) groups excluding carboxylic acids is 2. The summed E-state index contributed by atoms with van der Waals surface area (Å²) in [6.45, 7) is 3.86. The molecule has 0 radical (unpaired) electrons. The van der Waals surface area contributed by atoms with E-state index in [0.29, 0.717) is 18.8 Å². The van der Waals surface area contributed by atoms with Gasteiger partial charge in [-0.15, -0.1) is 12.4 Å².